The van der Waals surface area contributed by atoms with Gasteiger partial charge in [0.1, 0.15) is 0 Å². The highest BCUT2D eigenvalue weighted by Crippen LogP contribution is 2.32. The van der Waals surface area contributed by atoms with Gasteiger partial charge >= 0.3 is 0 Å². The zero-order valence-corrected chi connectivity index (χ0v) is 15.4. The van der Waals surface area contributed by atoms with E-state index in [1.165, 1.54) is 61.9 Å². The number of nitro benzene ring substituents is 1. The molecule has 2 aromatic carbocycles. The van der Waals surface area contributed by atoms with E-state index in [0.29, 0.717) is 17.2 Å². The average Bonchev–Trinajstić information content (AvgIpc) is 2.72. The lowest BCUT2D eigenvalue weighted by atomic mass is 9.84. The lowest BCUT2D eigenvalue weighted by molar-refractivity contribution is -0.384. The zero-order chi connectivity index (χ0) is 19.2. The van der Waals surface area contributed by atoms with E-state index < -0.39 is 10.8 Å². The van der Waals surface area contributed by atoms with Crippen LogP contribution >= 0.6 is 0 Å². The van der Waals surface area contributed by atoms with E-state index >= 15 is 0 Å². The molecule has 6 heteroatoms. The molecule has 0 atom stereocenters. The fraction of sp³-hybridized carbons (Fsp3) is 0.333. The Bertz CT molecular complexity index is 836. The molecule has 0 unspecified atom stereocenters. The van der Waals surface area contributed by atoms with E-state index in [1.54, 1.807) is 0 Å². The van der Waals surface area contributed by atoms with Gasteiger partial charge in [0.25, 0.3) is 11.6 Å². The van der Waals surface area contributed by atoms with E-state index in [4.69, 9.17) is 0 Å². The fourth-order valence-corrected chi connectivity index (χ4v) is 3.43. The summed E-state index contributed by atoms with van der Waals surface area (Å²) in [7, 11) is 0. The molecule has 1 aliphatic carbocycles. The molecule has 1 N–H and O–H groups in total. The van der Waals surface area contributed by atoms with Crippen molar-refractivity contribution in [1.82, 2.24) is 5.43 Å². The molecular weight excluding hydrogens is 342 g/mol. The quantitative estimate of drug-likeness (QED) is 0.469. The number of carbonyl (C=O) groups excluding carboxylic acids is 1. The van der Waals surface area contributed by atoms with Gasteiger partial charge in [0.15, 0.2) is 0 Å². The van der Waals surface area contributed by atoms with Gasteiger partial charge in [-0.25, -0.2) is 5.43 Å². The number of nitro groups is 1. The predicted molar refractivity (Wildman–Crippen MR) is 105 cm³/mol. The largest absolute Gasteiger partial charge is 0.271 e. The van der Waals surface area contributed by atoms with Crippen molar-refractivity contribution in [2.45, 2.75) is 44.9 Å². The summed E-state index contributed by atoms with van der Waals surface area (Å²) in [6, 6.07) is 13.8. The first-order valence-electron chi connectivity index (χ1n) is 9.24. The van der Waals surface area contributed by atoms with Crippen LogP contribution in [0.5, 0.6) is 0 Å². The van der Waals surface area contributed by atoms with E-state index in [0.717, 1.165) is 5.56 Å². The fourth-order valence-electron chi connectivity index (χ4n) is 3.43. The Balaban J connectivity index is 1.62. The van der Waals surface area contributed by atoms with Crippen molar-refractivity contribution in [2.75, 3.05) is 0 Å². The Morgan fingerprint density at radius 3 is 2.19 bits per heavy atom. The first-order valence-corrected chi connectivity index (χ1v) is 9.24. The first-order chi connectivity index (χ1) is 13.0. The second-order valence-corrected chi connectivity index (χ2v) is 6.90. The third-order valence-electron chi connectivity index (χ3n) is 5.07. The van der Waals surface area contributed by atoms with Crippen molar-refractivity contribution in [2.24, 2.45) is 5.10 Å². The lowest BCUT2D eigenvalue weighted by Crippen LogP contribution is -2.19. The molecule has 3 rings (SSSR count). The monoisotopic (exact) mass is 365 g/mol. The molecule has 0 radical (unpaired) electrons. The van der Waals surface area contributed by atoms with Gasteiger partial charge in [-0.1, -0.05) is 43.5 Å². The molecule has 27 heavy (non-hydrogen) atoms. The Kier molecular flexibility index (Phi) is 5.96. The van der Waals surface area contributed by atoms with E-state index in [1.807, 2.05) is 19.1 Å². The number of hydrogen-bond donors (Lipinski definition) is 1. The van der Waals surface area contributed by atoms with Gasteiger partial charge in [-0.3, -0.25) is 14.9 Å². The van der Waals surface area contributed by atoms with Gasteiger partial charge in [-0.15, -0.1) is 0 Å². The molecule has 0 spiro atoms. The van der Waals surface area contributed by atoms with Gasteiger partial charge in [0.05, 0.1) is 10.6 Å². The van der Waals surface area contributed by atoms with Crippen LogP contribution in [0.2, 0.25) is 0 Å². The number of amides is 1. The zero-order valence-electron chi connectivity index (χ0n) is 15.4. The molecule has 0 aromatic heterocycles. The van der Waals surface area contributed by atoms with Crippen LogP contribution in [0.4, 0.5) is 5.69 Å². The molecule has 1 amide bonds. The standard InChI is InChI=1S/C21H23N3O3/c1-15(16-7-9-18(10-8-16)17-5-3-2-4-6-17)22-23-21(25)19-11-13-20(14-12-19)24(26)27/h7-14,17H,2-6H2,1H3,(H,23,25). The summed E-state index contributed by atoms with van der Waals surface area (Å²) in [4.78, 5) is 22.3. The van der Waals surface area contributed by atoms with E-state index in [2.05, 4.69) is 22.7 Å². The highest BCUT2D eigenvalue weighted by Gasteiger charge is 2.15. The van der Waals surface area contributed by atoms with Gasteiger partial charge in [0, 0.05) is 17.7 Å². The Labute approximate surface area is 158 Å². The molecule has 2 aromatic rings. The van der Waals surface area contributed by atoms with Crippen LogP contribution in [0.15, 0.2) is 53.6 Å². The first kappa shape index (κ1) is 18.8. The SMILES string of the molecule is CC(=NNC(=O)c1ccc([N+](=O)[O-])cc1)c1ccc(C2CCCCC2)cc1. The molecule has 0 saturated heterocycles. The molecule has 0 bridgehead atoms. The predicted octanol–water partition coefficient (Wildman–Crippen LogP) is 4.80. The average molecular weight is 365 g/mol. The minimum Gasteiger partial charge on any atom is -0.267 e. The Morgan fingerprint density at radius 2 is 1.59 bits per heavy atom. The van der Waals surface area contributed by atoms with Gasteiger partial charge in [0.2, 0.25) is 0 Å². The number of carbonyl (C=O) groups is 1. The van der Waals surface area contributed by atoms with Crippen molar-refractivity contribution in [3.8, 4) is 0 Å². The number of rotatable bonds is 5. The van der Waals surface area contributed by atoms with Crippen molar-refractivity contribution in [1.29, 1.82) is 0 Å². The maximum atomic E-state index is 12.1. The summed E-state index contributed by atoms with van der Waals surface area (Å²) in [6.45, 7) is 1.84. The number of hydrogen-bond acceptors (Lipinski definition) is 4. The molecule has 1 fully saturated rings. The highest BCUT2D eigenvalue weighted by atomic mass is 16.6. The van der Waals surface area contributed by atoms with Crippen LogP contribution < -0.4 is 5.43 Å². The van der Waals surface area contributed by atoms with Crippen molar-refractivity contribution in [3.63, 3.8) is 0 Å². The molecular formula is C21H23N3O3. The Hall–Kier alpha value is -3.02. The normalized spacial score (nSPS) is 15.4. The van der Waals surface area contributed by atoms with Crippen molar-refractivity contribution < 1.29 is 9.72 Å². The number of nitrogens with zero attached hydrogens (tertiary/aromatic N) is 2. The number of hydrazone groups is 1. The van der Waals surface area contributed by atoms with Crippen LogP contribution in [0.25, 0.3) is 0 Å². The summed E-state index contributed by atoms with van der Waals surface area (Å²) in [5.41, 5.74) is 5.82. The van der Waals surface area contributed by atoms with Crippen LogP contribution in [-0.4, -0.2) is 16.5 Å². The number of non-ortho nitro benzene ring substituents is 1. The number of benzene rings is 2. The minimum absolute atomic E-state index is 0.0516. The molecule has 0 aliphatic heterocycles. The molecule has 1 aliphatic rings. The van der Waals surface area contributed by atoms with Crippen LogP contribution in [-0.2, 0) is 0 Å². The third-order valence-corrected chi connectivity index (χ3v) is 5.07. The number of nitrogens with one attached hydrogen (secondary N) is 1. The summed E-state index contributed by atoms with van der Waals surface area (Å²) in [5.74, 6) is 0.259. The summed E-state index contributed by atoms with van der Waals surface area (Å²) in [5, 5.41) is 14.8. The van der Waals surface area contributed by atoms with Gasteiger partial charge < -0.3 is 0 Å². The topological polar surface area (TPSA) is 84.6 Å². The minimum atomic E-state index is -0.499. The van der Waals surface area contributed by atoms with Crippen molar-refractivity contribution in [3.05, 3.63) is 75.3 Å². The van der Waals surface area contributed by atoms with Crippen LogP contribution in [0.1, 0.15) is 66.4 Å². The van der Waals surface area contributed by atoms with Gasteiger partial charge in [-0.2, -0.15) is 5.10 Å². The molecule has 140 valence electrons. The molecule has 1 saturated carbocycles. The van der Waals surface area contributed by atoms with E-state index in [-0.39, 0.29) is 5.69 Å². The maximum absolute atomic E-state index is 12.1. The van der Waals surface area contributed by atoms with Crippen LogP contribution in [0, 0.1) is 10.1 Å². The Morgan fingerprint density at radius 1 is 1.00 bits per heavy atom. The molecule has 6 nitrogen and oxygen atoms in total. The highest BCUT2D eigenvalue weighted by molar-refractivity contribution is 6.00. The molecule has 0 heterocycles. The third kappa shape index (κ3) is 4.78. The second-order valence-electron chi connectivity index (χ2n) is 6.90. The second kappa shape index (κ2) is 8.58. The maximum Gasteiger partial charge on any atom is 0.271 e. The summed E-state index contributed by atoms with van der Waals surface area (Å²) < 4.78 is 0. The van der Waals surface area contributed by atoms with Gasteiger partial charge in [-0.05, 0) is 48.9 Å². The summed E-state index contributed by atoms with van der Waals surface area (Å²) in [6.07, 6.45) is 6.48. The smallest absolute Gasteiger partial charge is 0.267 e. The van der Waals surface area contributed by atoms with E-state index in [9.17, 15) is 14.9 Å². The summed E-state index contributed by atoms with van der Waals surface area (Å²) >= 11 is 0. The van der Waals surface area contributed by atoms with Crippen LogP contribution in [0.3, 0.4) is 0 Å². The van der Waals surface area contributed by atoms with Crippen molar-refractivity contribution >= 4 is 17.3 Å². The lowest BCUT2D eigenvalue weighted by Gasteiger charge is -2.22.